The smallest absolute Gasteiger partial charge is 0 e. The van der Waals surface area contributed by atoms with Crippen molar-refractivity contribution in [2.75, 3.05) is 0 Å². The van der Waals surface area contributed by atoms with E-state index in [0.29, 0.717) is 0 Å². The van der Waals surface area contributed by atoms with Crippen molar-refractivity contribution in [3.8, 4) is 0 Å². The maximum absolute atomic E-state index is 0. The molecule has 0 bridgehead atoms. The van der Waals surface area contributed by atoms with Crippen LogP contribution in [0.3, 0.4) is 0 Å². The Morgan fingerprint density at radius 2 is 0.500 bits per heavy atom. The van der Waals surface area contributed by atoms with E-state index >= 15 is 0 Å². The van der Waals surface area contributed by atoms with Gasteiger partial charge in [-0.25, -0.2) is 0 Å². The average molecular weight is 351 g/mol. The molecule has 0 atom stereocenters. The molecule has 0 aromatic rings. The van der Waals surface area contributed by atoms with Crippen LogP contribution in [0.25, 0.3) is 0 Å². The summed E-state index contributed by atoms with van der Waals surface area (Å²) in [5.41, 5.74) is 0. The van der Waals surface area contributed by atoms with E-state index < -0.39 is 0 Å². The van der Waals surface area contributed by atoms with Crippen LogP contribution in [0, 0.1) is 0 Å². The second-order valence-electron chi connectivity index (χ2n) is 0. The molecular weight excluding hydrogens is 351 g/mol. The number of rotatable bonds is 0. The zero-order valence-corrected chi connectivity index (χ0v) is 7.71. The summed E-state index contributed by atoms with van der Waals surface area (Å²) in [7, 11) is 0. The Balaban J connectivity index is 0. The van der Waals surface area contributed by atoms with E-state index in [1.807, 2.05) is 0 Å². The first-order valence-electron chi connectivity index (χ1n) is 0. The van der Waals surface area contributed by atoms with E-state index in [4.69, 9.17) is 0 Å². The third kappa shape index (κ3) is 8.87. The fraction of sp³-hybridized carbons (Fsp3) is 0. The zero-order chi connectivity index (χ0) is 0. The molecule has 0 aromatic heterocycles. The summed E-state index contributed by atoms with van der Waals surface area (Å²) in [5.74, 6) is 0. The Labute approximate surface area is 71.5 Å². The molecule has 0 rings (SSSR count). The first-order valence-corrected chi connectivity index (χ1v) is 0. The average Bonchev–Trinajstić information content (AvgIpc) is 0. The van der Waals surface area contributed by atoms with E-state index in [1.54, 1.807) is 0 Å². The van der Waals surface area contributed by atoms with Crippen LogP contribution in [-0.4, -0.2) is 0 Å². The molecule has 0 radical (unpaired) electrons. The Morgan fingerprint density at radius 1 is 0.500 bits per heavy atom. The molecular formula is Fe3W. The van der Waals surface area contributed by atoms with Gasteiger partial charge < -0.3 is 0 Å². The molecule has 0 fully saturated rings. The van der Waals surface area contributed by atoms with Gasteiger partial charge >= 0.3 is 0 Å². The zero-order valence-electron chi connectivity index (χ0n) is 1.47. The van der Waals surface area contributed by atoms with Crippen LogP contribution in [0.15, 0.2) is 0 Å². The van der Waals surface area contributed by atoms with Crippen molar-refractivity contribution >= 4 is 0 Å². The van der Waals surface area contributed by atoms with E-state index in [2.05, 4.69) is 0 Å². The van der Waals surface area contributed by atoms with Gasteiger partial charge in [-0.05, 0) is 0 Å². The molecule has 30 valence electrons. The van der Waals surface area contributed by atoms with Gasteiger partial charge in [0, 0.05) is 72.3 Å². The Bertz CT molecular complexity index is 3.25. The topological polar surface area (TPSA) is 0 Å². The minimum atomic E-state index is 0. The van der Waals surface area contributed by atoms with Crippen LogP contribution < -0.4 is 0 Å². The van der Waals surface area contributed by atoms with Crippen LogP contribution in [0.1, 0.15) is 0 Å². The van der Waals surface area contributed by atoms with Crippen LogP contribution >= 0.6 is 0 Å². The van der Waals surface area contributed by atoms with Crippen molar-refractivity contribution in [1.29, 1.82) is 0 Å². The van der Waals surface area contributed by atoms with Gasteiger partial charge in [-0.1, -0.05) is 0 Å². The molecule has 0 aliphatic heterocycles. The van der Waals surface area contributed by atoms with Gasteiger partial charge in [0.2, 0.25) is 0 Å². The van der Waals surface area contributed by atoms with Crippen molar-refractivity contribution in [2.24, 2.45) is 0 Å². The molecule has 0 aliphatic rings. The Kier molecular flexibility index (Phi) is 160. The van der Waals surface area contributed by atoms with Crippen LogP contribution in [0.2, 0.25) is 0 Å². The summed E-state index contributed by atoms with van der Waals surface area (Å²) in [6.45, 7) is 0. The summed E-state index contributed by atoms with van der Waals surface area (Å²) >= 11 is 0. The first kappa shape index (κ1) is 34.1. The van der Waals surface area contributed by atoms with Gasteiger partial charge in [0.05, 0.1) is 0 Å². The Morgan fingerprint density at radius 3 is 0.500 bits per heavy atom. The third-order valence-electron chi connectivity index (χ3n) is 0. The molecule has 0 N–H and O–H groups in total. The second kappa shape index (κ2) is 18.7. The molecule has 0 unspecified atom stereocenters. The van der Waals surface area contributed by atoms with Crippen molar-refractivity contribution in [3.05, 3.63) is 0 Å². The van der Waals surface area contributed by atoms with Crippen molar-refractivity contribution in [2.45, 2.75) is 0 Å². The summed E-state index contributed by atoms with van der Waals surface area (Å²) in [6.07, 6.45) is 0. The number of hydrogen-bond donors (Lipinski definition) is 0. The Hall–Kier alpha value is 2.25. The summed E-state index contributed by atoms with van der Waals surface area (Å²) in [4.78, 5) is 0. The molecule has 0 amide bonds. The molecule has 0 aliphatic carbocycles. The summed E-state index contributed by atoms with van der Waals surface area (Å²) in [6, 6.07) is 0. The fourth-order valence-electron chi connectivity index (χ4n) is 0. The summed E-state index contributed by atoms with van der Waals surface area (Å²) < 4.78 is 0. The maximum atomic E-state index is 0. The van der Waals surface area contributed by atoms with Crippen LogP contribution in [0.4, 0.5) is 0 Å². The van der Waals surface area contributed by atoms with Gasteiger partial charge in [0.25, 0.3) is 0 Å². The second-order valence-corrected chi connectivity index (χ2v) is 0. The SMILES string of the molecule is [Fe].[Fe].[Fe].[W]. The monoisotopic (exact) mass is 352 g/mol. The molecule has 0 saturated heterocycles. The molecule has 4 heavy (non-hydrogen) atoms. The van der Waals surface area contributed by atoms with Crippen molar-refractivity contribution in [1.82, 2.24) is 0 Å². The molecule has 0 saturated carbocycles. The predicted octanol–water partition coefficient (Wildman–Crippen LogP) is -0.0100. The molecule has 0 nitrogen and oxygen atoms in total. The van der Waals surface area contributed by atoms with Crippen molar-refractivity contribution in [3.63, 3.8) is 0 Å². The van der Waals surface area contributed by atoms with Crippen LogP contribution in [0.5, 0.6) is 0 Å². The van der Waals surface area contributed by atoms with Gasteiger partial charge in [-0.15, -0.1) is 0 Å². The van der Waals surface area contributed by atoms with Crippen LogP contribution in [-0.2, 0) is 72.3 Å². The van der Waals surface area contributed by atoms with E-state index in [9.17, 15) is 0 Å². The summed E-state index contributed by atoms with van der Waals surface area (Å²) in [5, 5.41) is 0. The van der Waals surface area contributed by atoms with Gasteiger partial charge in [-0.2, -0.15) is 0 Å². The first-order chi connectivity index (χ1) is 0. The van der Waals surface area contributed by atoms with Gasteiger partial charge in [0.1, 0.15) is 0 Å². The quantitative estimate of drug-likeness (QED) is 0.539. The fourth-order valence-corrected chi connectivity index (χ4v) is 0. The maximum Gasteiger partial charge on any atom is 0 e. The largest absolute Gasteiger partial charge is 0 e. The third-order valence-corrected chi connectivity index (χ3v) is 0. The predicted molar refractivity (Wildman–Crippen MR) is 0 cm³/mol. The minimum Gasteiger partial charge on any atom is 0 e. The molecule has 0 spiro atoms. The van der Waals surface area contributed by atoms with Gasteiger partial charge in [0.15, 0.2) is 0 Å². The molecule has 0 heterocycles. The standard InChI is InChI=1S/3Fe.W. The van der Waals surface area contributed by atoms with Gasteiger partial charge in [-0.3, -0.25) is 0 Å². The molecule has 4 heteroatoms. The van der Waals surface area contributed by atoms with Crippen molar-refractivity contribution < 1.29 is 72.3 Å². The minimum absolute atomic E-state index is 0. The van der Waals surface area contributed by atoms with E-state index in [0.717, 1.165) is 0 Å². The van der Waals surface area contributed by atoms with E-state index in [1.165, 1.54) is 0 Å². The van der Waals surface area contributed by atoms with E-state index in [-0.39, 0.29) is 72.3 Å². The molecule has 0 aromatic carbocycles. The number of hydrogen-bond acceptors (Lipinski definition) is 0. The normalized spacial score (nSPS) is 0.